The second kappa shape index (κ2) is 7.98. The van der Waals surface area contributed by atoms with E-state index in [0.717, 1.165) is 24.3 Å². The number of hydrogen-bond donors (Lipinski definition) is 1. The lowest BCUT2D eigenvalue weighted by atomic mass is 9.72. The Morgan fingerprint density at radius 3 is 2.38 bits per heavy atom. The third kappa shape index (κ3) is 5.14. The van der Waals surface area contributed by atoms with Crippen LogP contribution >= 0.6 is 0 Å². The Balaban J connectivity index is 1.99. The van der Waals surface area contributed by atoms with Crippen LogP contribution in [0.1, 0.15) is 64.9 Å². The Bertz CT molecular complexity index is 398. The van der Waals surface area contributed by atoms with Crippen LogP contribution in [-0.4, -0.2) is 12.6 Å². The second-order valence-corrected chi connectivity index (χ2v) is 7.54. The van der Waals surface area contributed by atoms with Crippen molar-refractivity contribution >= 4 is 0 Å². The first-order chi connectivity index (χ1) is 10.1. The van der Waals surface area contributed by atoms with E-state index in [1.54, 1.807) is 0 Å². The maximum Gasteiger partial charge on any atom is 0.00226 e. The summed E-state index contributed by atoms with van der Waals surface area (Å²) in [6.45, 7) is 10.5. The van der Waals surface area contributed by atoms with Crippen LogP contribution < -0.4 is 5.32 Å². The molecule has 0 saturated heterocycles. The molecule has 0 bridgehead atoms. The summed E-state index contributed by atoms with van der Waals surface area (Å²) < 4.78 is 0. The molecule has 0 aliphatic heterocycles. The highest BCUT2D eigenvalue weighted by molar-refractivity contribution is 5.20. The fourth-order valence-corrected chi connectivity index (χ4v) is 3.72. The average molecular weight is 287 g/mol. The van der Waals surface area contributed by atoms with Gasteiger partial charge in [0.15, 0.2) is 0 Å². The third-order valence-corrected chi connectivity index (χ3v) is 5.37. The molecule has 0 amide bonds. The maximum absolute atomic E-state index is 3.65. The zero-order valence-corrected chi connectivity index (χ0v) is 14.3. The van der Waals surface area contributed by atoms with Crippen molar-refractivity contribution in [2.45, 2.75) is 65.3 Å². The van der Waals surface area contributed by atoms with Crippen molar-refractivity contribution in [3.05, 3.63) is 35.9 Å². The molecular formula is C20H33N. The van der Waals surface area contributed by atoms with Gasteiger partial charge in [-0.25, -0.2) is 0 Å². The molecule has 1 aliphatic rings. The predicted molar refractivity (Wildman–Crippen MR) is 92.6 cm³/mol. The number of rotatable bonds is 6. The van der Waals surface area contributed by atoms with Crippen LogP contribution in [0.5, 0.6) is 0 Å². The van der Waals surface area contributed by atoms with Crippen molar-refractivity contribution in [2.75, 3.05) is 6.54 Å². The molecule has 0 spiro atoms. The average Bonchev–Trinajstić information content (AvgIpc) is 2.48. The molecule has 4 unspecified atom stereocenters. The topological polar surface area (TPSA) is 12.0 Å². The molecule has 1 aromatic rings. The molecule has 1 aromatic carbocycles. The van der Waals surface area contributed by atoms with E-state index < -0.39 is 0 Å². The third-order valence-electron chi connectivity index (χ3n) is 5.37. The summed E-state index contributed by atoms with van der Waals surface area (Å²) in [5, 5.41) is 3.65. The van der Waals surface area contributed by atoms with Crippen LogP contribution in [0.2, 0.25) is 0 Å². The number of hydrogen-bond acceptors (Lipinski definition) is 1. The molecule has 0 radical (unpaired) electrons. The first-order valence-corrected chi connectivity index (χ1v) is 8.84. The van der Waals surface area contributed by atoms with E-state index in [0.29, 0.717) is 12.0 Å². The van der Waals surface area contributed by atoms with Crippen LogP contribution in [0.25, 0.3) is 0 Å². The largest absolute Gasteiger partial charge is 0.314 e. The van der Waals surface area contributed by atoms with Gasteiger partial charge in [-0.15, -0.1) is 0 Å². The summed E-state index contributed by atoms with van der Waals surface area (Å²) in [6.07, 6.45) is 5.62. The van der Waals surface area contributed by atoms with E-state index in [1.807, 2.05) is 0 Å². The Morgan fingerprint density at radius 1 is 1.05 bits per heavy atom. The fraction of sp³-hybridized carbons (Fsp3) is 0.700. The summed E-state index contributed by atoms with van der Waals surface area (Å²) in [7, 11) is 0. The fourth-order valence-electron chi connectivity index (χ4n) is 3.72. The van der Waals surface area contributed by atoms with Gasteiger partial charge in [0.25, 0.3) is 0 Å². The van der Waals surface area contributed by atoms with E-state index in [-0.39, 0.29) is 0 Å². The van der Waals surface area contributed by atoms with Crippen molar-refractivity contribution in [2.24, 2.45) is 17.8 Å². The van der Waals surface area contributed by atoms with E-state index in [2.05, 4.69) is 63.3 Å². The Kier molecular flexibility index (Phi) is 6.29. The Morgan fingerprint density at radius 2 is 1.76 bits per heavy atom. The molecule has 4 atom stereocenters. The van der Waals surface area contributed by atoms with Gasteiger partial charge in [-0.3, -0.25) is 0 Å². The quantitative estimate of drug-likeness (QED) is 0.755. The van der Waals surface area contributed by atoms with Gasteiger partial charge in [0.05, 0.1) is 0 Å². The van der Waals surface area contributed by atoms with Crippen LogP contribution in [0.4, 0.5) is 0 Å². The van der Waals surface area contributed by atoms with E-state index in [9.17, 15) is 0 Å². The lowest BCUT2D eigenvalue weighted by molar-refractivity contribution is 0.192. The summed E-state index contributed by atoms with van der Waals surface area (Å²) in [6, 6.07) is 11.7. The molecular weight excluding hydrogens is 254 g/mol. The molecule has 1 fully saturated rings. The summed E-state index contributed by atoms with van der Waals surface area (Å²) in [4.78, 5) is 0. The lowest BCUT2D eigenvalue weighted by Crippen LogP contribution is -2.30. The molecule has 1 nitrogen and oxygen atoms in total. The normalized spacial score (nSPS) is 27.8. The molecule has 2 rings (SSSR count). The van der Waals surface area contributed by atoms with Gasteiger partial charge in [0, 0.05) is 12.6 Å². The molecule has 1 aliphatic carbocycles. The van der Waals surface area contributed by atoms with Gasteiger partial charge in [0.2, 0.25) is 0 Å². The minimum atomic E-state index is 0.571. The molecule has 0 heterocycles. The van der Waals surface area contributed by atoms with Crippen LogP contribution in [0.15, 0.2) is 30.3 Å². The first-order valence-electron chi connectivity index (χ1n) is 8.84. The molecule has 1 saturated carbocycles. The number of benzene rings is 1. The van der Waals surface area contributed by atoms with Gasteiger partial charge in [-0.1, -0.05) is 70.9 Å². The molecule has 21 heavy (non-hydrogen) atoms. The molecule has 0 aromatic heterocycles. The van der Waals surface area contributed by atoms with Crippen molar-refractivity contribution in [1.29, 1.82) is 0 Å². The SMILES string of the molecule is CC(C)NCC(CC1CCC(C)C(C)C1)c1ccccc1. The van der Waals surface area contributed by atoms with Crippen LogP contribution in [-0.2, 0) is 0 Å². The van der Waals surface area contributed by atoms with Gasteiger partial charge in [0.1, 0.15) is 0 Å². The molecule has 118 valence electrons. The maximum atomic E-state index is 3.65. The van der Waals surface area contributed by atoms with Gasteiger partial charge in [-0.05, 0) is 42.1 Å². The monoisotopic (exact) mass is 287 g/mol. The van der Waals surface area contributed by atoms with E-state index >= 15 is 0 Å². The van der Waals surface area contributed by atoms with E-state index in [4.69, 9.17) is 0 Å². The highest BCUT2D eigenvalue weighted by Crippen LogP contribution is 2.38. The minimum Gasteiger partial charge on any atom is -0.314 e. The van der Waals surface area contributed by atoms with Crippen molar-refractivity contribution in [3.63, 3.8) is 0 Å². The van der Waals surface area contributed by atoms with Crippen molar-refractivity contribution < 1.29 is 0 Å². The van der Waals surface area contributed by atoms with Crippen molar-refractivity contribution in [3.8, 4) is 0 Å². The van der Waals surface area contributed by atoms with Crippen molar-refractivity contribution in [1.82, 2.24) is 5.32 Å². The summed E-state index contributed by atoms with van der Waals surface area (Å²) in [5.74, 6) is 3.40. The summed E-state index contributed by atoms with van der Waals surface area (Å²) >= 11 is 0. The Labute approximate surface area is 131 Å². The molecule has 1 heteroatoms. The highest BCUT2D eigenvalue weighted by Gasteiger charge is 2.27. The minimum absolute atomic E-state index is 0.571. The standard InChI is InChI=1S/C20H33N/c1-15(2)21-14-20(19-8-6-5-7-9-19)13-18-11-10-16(3)17(4)12-18/h5-9,15-18,20-21H,10-14H2,1-4H3. The number of nitrogens with one attached hydrogen (secondary N) is 1. The smallest absolute Gasteiger partial charge is 0.00226 e. The Hall–Kier alpha value is -0.820. The van der Waals surface area contributed by atoms with Crippen LogP contribution in [0, 0.1) is 17.8 Å². The van der Waals surface area contributed by atoms with Gasteiger partial charge in [-0.2, -0.15) is 0 Å². The zero-order valence-electron chi connectivity index (χ0n) is 14.3. The highest BCUT2D eigenvalue weighted by atomic mass is 14.9. The predicted octanol–water partition coefficient (Wildman–Crippen LogP) is 5.23. The first kappa shape index (κ1) is 16.5. The lowest BCUT2D eigenvalue weighted by Gasteiger charge is -2.34. The van der Waals surface area contributed by atoms with Gasteiger partial charge >= 0.3 is 0 Å². The summed E-state index contributed by atoms with van der Waals surface area (Å²) in [5.41, 5.74) is 1.51. The van der Waals surface area contributed by atoms with Gasteiger partial charge < -0.3 is 5.32 Å². The molecule has 1 N–H and O–H groups in total. The second-order valence-electron chi connectivity index (χ2n) is 7.54. The van der Waals surface area contributed by atoms with Crippen LogP contribution in [0.3, 0.4) is 0 Å². The van der Waals surface area contributed by atoms with E-state index in [1.165, 1.54) is 31.2 Å². The zero-order chi connectivity index (χ0) is 15.2.